The number of anilines is 1. The topological polar surface area (TPSA) is 77.7 Å². The van der Waals surface area contributed by atoms with Crippen molar-refractivity contribution in [2.75, 3.05) is 31.7 Å². The van der Waals surface area contributed by atoms with Gasteiger partial charge in [0.2, 0.25) is 5.91 Å². The molecule has 2 aliphatic heterocycles. The summed E-state index contributed by atoms with van der Waals surface area (Å²) in [7, 11) is 1.71. The molecule has 2 N–H and O–H groups in total. The van der Waals surface area contributed by atoms with Gasteiger partial charge in [-0.05, 0) is 43.0 Å². The van der Waals surface area contributed by atoms with Crippen LogP contribution in [0.15, 0.2) is 36.5 Å². The number of rotatable bonds is 3. The second-order valence-electron chi connectivity index (χ2n) is 6.84. The van der Waals surface area contributed by atoms with Crippen molar-refractivity contribution < 1.29 is 14.3 Å². The normalized spacial score (nSPS) is 18.4. The van der Waals surface area contributed by atoms with Crippen molar-refractivity contribution in [1.82, 2.24) is 4.98 Å². The molecular weight excluding hydrogens is 330 g/mol. The predicted octanol–water partition coefficient (Wildman–Crippen LogP) is 2.26. The van der Waals surface area contributed by atoms with Gasteiger partial charge in [0, 0.05) is 30.4 Å². The minimum Gasteiger partial charge on any atom is -0.496 e. The maximum atomic E-state index is 11.4. The van der Waals surface area contributed by atoms with Crippen LogP contribution in [0.2, 0.25) is 0 Å². The summed E-state index contributed by atoms with van der Waals surface area (Å²) >= 11 is 0. The number of pyridine rings is 1. The van der Waals surface area contributed by atoms with Crippen LogP contribution >= 0.6 is 0 Å². The Bertz CT molecular complexity index is 815. The van der Waals surface area contributed by atoms with Crippen molar-refractivity contribution in [2.24, 2.45) is 5.73 Å². The molecule has 4 rings (SSSR count). The monoisotopic (exact) mass is 353 g/mol. The molecule has 1 fully saturated rings. The van der Waals surface area contributed by atoms with Gasteiger partial charge in [-0.15, -0.1) is 0 Å². The van der Waals surface area contributed by atoms with Gasteiger partial charge in [-0.25, -0.2) is 4.98 Å². The fourth-order valence-electron chi connectivity index (χ4n) is 4.14. The number of hydrogen-bond donors (Lipinski definition) is 1. The predicted molar refractivity (Wildman–Crippen MR) is 98.5 cm³/mol. The van der Waals surface area contributed by atoms with Crippen LogP contribution in [0, 0.1) is 0 Å². The molecule has 1 spiro atoms. The summed E-state index contributed by atoms with van der Waals surface area (Å²) < 4.78 is 12.0. The molecule has 0 unspecified atom stereocenters. The van der Waals surface area contributed by atoms with E-state index in [1.165, 1.54) is 11.1 Å². The number of nitrogens with zero attached hydrogens (tertiary/aromatic N) is 2. The van der Waals surface area contributed by atoms with Crippen molar-refractivity contribution in [3.8, 4) is 5.75 Å². The number of piperidine rings is 1. The van der Waals surface area contributed by atoms with Crippen LogP contribution in [-0.2, 0) is 16.8 Å². The summed E-state index contributed by atoms with van der Waals surface area (Å²) in [6, 6.07) is 9.64. The highest BCUT2D eigenvalue weighted by molar-refractivity contribution is 5.93. The lowest BCUT2D eigenvalue weighted by molar-refractivity contribution is -0.0780. The minimum absolute atomic E-state index is 0.308. The highest BCUT2D eigenvalue weighted by Crippen LogP contribution is 2.46. The zero-order chi connectivity index (χ0) is 18.1. The molecule has 1 aromatic carbocycles. The second kappa shape index (κ2) is 6.61. The van der Waals surface area contributed by atoms with E-state index < -0.39 is 5.91 Å². The van der Waals surface area contributed by atoms with Crippen LogP contribution in [0.25, 0.3) is 0 Å². The highest BCUT2D eigenvalue weighted by Gasteiger charge is 2.43. The van der Waals surface area contributed by atoms with E-state index >= 15 is 0 Å². The van der Waals surface area contributed by atoms with Crippen molar-refractivity contribution in [1.29, 1.82) is 0 Å². The van der Waals surface area contributed by atoms with Crippen LogP contribution in [0.4, 0.5) is 5.82 Å². The van der Waals surface area contributed by atoms with Gasteiger partial charge in [0.25, 0.3) is 0 Å². The molecule has 2 aliphatic rings. The minimum atomic E-state index is -0.434. The number of hydrogen-bond acceptors (Lipinski definition) is 5. The van der Waals surface area contributed by atoms with E-state index in [1.54, 1.807) is 25.4 Å². The van der Waals surface area contributed by atoms with E-state index in [0.717, 1.165) is 50.5 Å². The maximum Gasteiger partial charge on any atom is 0.248 e. The van der Waals surface area contributed by atoms with Gasteiger partial charge in [-0.3, -0.25) is 4.79 Å². The number of carbonyl (C=O) groups excluding carboxylic acids is 1. The number of primary amides is 1. The van der Waals surface area contributed by atoms with Crippen LogP contribution in [0.5, 0.6) is 5.75 Å². The molecule has 1 saturated heterocycles. The zero-order valence-electron chi connectivity index (χ0n) is 14.9. The SMILES string of the molecule is COc1cccc2c1C1(CCN(c3cc(C(N)=O)ccn3)CC1)OCC2. The standard InChI is InChI=1S/C20H23N3O3/c1-25-16-4-2-3-14-6-12-26-20(18(14)16)7-10-23(11-8-20)17-13-15(19(21)24)5-9-22-17/h2-5,9,13H,6-8,10-12H2,1H3,(H2,21,24). The Labute approximate surface area is 152 Å². The lowest BCUT2D eigenvalue weighted by Gasteiger charge is -2.45. The van der Waals surface area contributed by atoms with Gasteiger partial charge in [0.05, 0.1) is 13.7 Å². The third-order valence-electron chi connectivity index (χ3n) is 5.46. The molecule has 6 nitrogen and oxygen atoms in total. The van der Waals surface area contributed by atoms with E-state index in [1.807, 2.05) is 12.1 Å². The molecule has 136 valence electrons. The Hall–Kier alpha value is -2.60. The number of aromatic nitrogens is 1. The van der Waals surface area contributed by atoms with E-state index in [-0.39, 0.29) is 5.60 Å². The van der Waals surface area contributed by atoms with E-state index in [0.29, 0.717) is 5.56 Å². The summed E-state index contributed by atoms with van der Waals surface area (Å²) in [5.41, 5.74) is 8.08. The third-order valence-corrected chi connectivity index (χ3v) is 5.46. The van der Waals surface area contributed by atoms with Gasteiger partial charge >= 0.3 is 0 Å². The average Bonchev–Trinajstić information content (AvgIpc) is 2.68. The van der Waals surface area contributed by atoms with Crippen LogP contribution in [0.1, 0.15) is 34.3 Å². The molecule has 6 heteroatoms. The van der Waals surface area contributed by atoms with Gasteiger partial charge in [0.15, 0.2) is 0 Å². The first kappa shape index (κ1) is 16.8. The Kier molecular flexibility index (Phi) is 4.28. The first-order chi connectivity index (χ1) is 12.6. The second-order valence-corrected chi connectivity index (χ2v) is 6.84. The summed E-state index contributed by atoms with van der Waals surface area (Å²) in [6.07, 6.45) is 4.25. The van der Waals surface area contributed by atoms with Crippen molar-refractivity contribution in [3.63, 3.8) is 0 Å². The van der Waals surface area contributed by atoms with Crippen molar-refractivity contribution in [2.45, 2.75) is 24.9 Å². The average molecular weight is 353 g/mol. The molecule has 0 aliphatic carbocycles. The number of amides is 1. The van der Waals surface area contributed by atoms with Gasteiger partial charge in [0.1, 0.15) is 17.2 Å². The number of methoxy groups -OCH3 is 1. The summed E-state index contributed by atoms with van der Waals surface area (Å²) in [5, 5.41) is 0. The van der Waals surface area contributed by atoms with Crippen LogP contribution < -0.4 is 15.4 Å². The molecule has 26 heavy (non-hydrogen) atoms. The number of benzene rings is 1. The summed E-state index contributed by atoms with van der Waals surface area (Å²) in [4.78, 5) is 18.0. The van der Waals surface area contributed by atoms with Crippen molar-refractivity contribution in [3.05, 3.63) is 53.2 Å². The Balaban J connectivity index is 1.60. The van der Waals surface area contributed by atoms with Crippen LogP contribution in [-0.4, -0.2) is 37.7 Å². The molecule has 0 atom stereocenters. The Morgan fingerprint density at radius 3 is 2.85 bits per heavy atom. The van der Waals surface area contributed by atoms with E-state index in [9.17, 15) is 4.79 Å². The third kappa shape index (κ3) is 2.80. The molecule has 0 saturated carbocycles. The molecule has 1 aromatic heterocycles. The quantitative estimate of drug-likeness (QED) is 0.916. The molecule has 0 radical (unpaired) electrons. The molecule has 2 aromatic rings. The van der Waals surface area contributed by atoms with Gasteiger partial charge < -0.3 is 20.1 Å². The van der Waals surface area contributed by atoms with Crippen molar-refractivity contribution >= 4 is 11.7 Å². The smallest absolute Gasteiger partial charge is 0.248 e. The van der Waals surface area contributed by atoms with Gasteiger partial charge in [-0.1, -0.05) is 12.1 Å². The Morgan fingerprint density at radius 2 is 2.12 bits per heavy atom. The largest absolute Gasteiger partial charge is 0.496 e. The zero-order valence-corrected chi connectivity index (χ0v) is 14.9. The maximum absolute atomic E-state index is 11.4. The Morgan fingerprint density at radius 1 is 1.31 bits per heavy atom. The van der Waals surface area contributed by atoms with E-state index in [2.05, 4.69) is 16.0 Å². The molecule has 1 amide bonds. The number of carbonyl (C=O) groups is 1. The first-order valence-electron chi connectivity index (χ1n) is 8.94. The van der Waals surface area contributed by atoms with Gasteiger partial charge in [-0.2, -0.15) is 0 Å². The number of nitrogens with two attached hydrogens (primary N) is 1. The summed E-state index contributed by atoms with van der Waals surface area (Å²) in [5.74, 6) is 1.26. The number of fused-ring (bicyclic) bond motifs is 2. The molecule has 3 heterocycles. The summed E-state index contributed by atoms with van der Waals surface area (Å²) in [6.45, 7) is 2.33. The van der Waals surface area contributed by atoms with Crippen LogP contribution in [0.3, 0.4) is 0 Å². The highest BCUT2D eigenvalue weighted by atomic mass is 16.5. The first-order valence-corrected chi connectivity index (χ1v) is 8.94. The lowest BCUT2D eigenvalue weighted by Crippen LogP contribution is -2.47. The molecule has 0 bridgehead atoms. The lowest BCUT2D eigenvalue weighted by atomic mass is 9.78. The fraction of sp³-hybridized carbons (Fsp3) is 0.400. The number of ether oxygens (including phenoxy) is 2. The fourth-order valence-corrected chi connectivity index (χ4v) is 4.14. The molecular formula is C20H23N3O3. The van der Waals surface area contributed by atoms with E-state index in [4.69, 9.17) is 15.2 Å².